The number of amides is 1. The van der Waals surface area contributed by atoms with Gasteiger partial charge in [0, 0.05) is 73.5 Å². The molecule has 3 saturated heterocycles. The van der Waals surface area contributed by atoms with E-state index in [9.17, 15) is 9.90 Å². The van der Waals surface area contributed by atoms with Crippen LogP contribution in [-0.4, -0.2) is 99.3 Å². The van der Waals surface area contributed by atoms with Gasteiger partial charge in [0.2, 0.25) is 17.7 Å². The number of hydrogen-bond acceptors (Lipinski definition) is 10. The van der Waals surface area contributed by atoms with Gasteiger partial charge in [-0.1, -0.05) is 59.6 Å². The molecule has 3 aliphatic heterocycles. The second-order valence-corrected chi connectivity index (χ2v) is 13.7. The molecule has 3 fully saturated rings. The van der Waals surface area contributed by atoms with Crippen LogP contribution in [0.25, 0.3) is 33.6 Å². The molecule has 1 atom stereocenters. The van der Waals surface area contributed by atoms with Crippen LogP contribution in [0.15, 0.2) is 48.8 Å². The second-order valence-electron chi connectivity index (χ2n) is 12.9. The molecular formula is C36H39Cl2N7O4. The van der Waals surface area contributed by atoms with Gasteiger partial charge >= 0.3 is 0 Å². The summed E-state index contributed by atoms with van der Waals surface area (Å²) in [6.45, 7) is 4.00. The Hall–Kier alpha value is -3.87. The lowest BCUT2D eigenvalue weighted by molar-refractivity contribution is -0.119. The van der Waals surface area contributed by atoms with Crippen molar-refractivity contribution >= 4 is 29.1 Å². The smallest absolute Gasteiger partial charge is 0.237 e. The lowest BCUT2D eigenvalue weighted by atomic mass is 9.98. The number of methoxy groups -OCH3 is 2. The summed E-state index contributed by atoms with van der Waals surface area (Å²) in [5, 5.41) is 13.6. The molecule has 3 aliphatic rings. The summed E-state index contributed by atoms with van der Waals surface area (Å²) >= 11 is 14.1. The number of nitrogens with zero attached hydrogens (tertiary/aromatic N) is 6. The standard InChI is InChI=1S/C36H39Cl2N7O4/c1-48-35-28(11-3-6-21-12-13-32(47)41-21)39-14-29(42-35)26-9-4-7-24(33(26)37)25-8-5-10-27(34(25)38)30-15-40-31(36(43-30)49-2)20-44-16-22(17-44)45-18-23(46)19-45/h4-5,7-10,14-15,21-23,46H,3,6,11-13,16-20H2,1-2H3,(H,41,47)/t21-/m1/s1. The average Bonchev–Trinajstić information content (AvgIpc) is 3.50. The zero-order chi connectivity index (χ0) is 34.1. The fourth-order valence-corrected chi connectivity index (χ4v) is 7.50. The molecule has 7 rings (SSSR count). The molecule has 49 heavy (non-hydrogen) atoms. The number of aryl methyl sites for hydroxylation is 1. The third-order valence-electron chi connectivity index (χ3n) is 9.62. The molecular weight excluding hydrogens is 665 g/mol. The molecule has 1 amide bonds. The van der Waals surface area contributed by atoms with E-state index < -0.39 is 0 Å². The molecule has 4 aromatic rings. The summed E-state index contributed by atoms with van der Waals surface area (Å²) in [5.41, 5.74) is 5.62. The molecule has 5 heterocycles. The number of halogens is 2. The summed E-state index contributed by atoms with van der Waals surface area (Å²) in [7, 11) is 3.19. The minimum Gasteiger partial charge on any atom is -0.480 e. The van der Waals surface area contributed by atoms with E-state index in [-0.39, 0.29) is 18.1 Å². The van der Waals surface area contributed by atoms with E-state index in [1.165, 1.54) is 0 Å². The highest BCUT2D eigenvalue weighted by Gasteiger charge is 2.38. The van der Waals surface area contributed by atoms with E-state index >= 15 is 0 Å². The predicted octanol–water partition coefficient (Wildman–Crippen LogP) is 5.05. The number of benzene rings is 2. The molecule has 13 heteroatoms. The number of ether oxygens (including phenoxy) is 2. The van der Waals surface area contributed by atoms with E-state index in [1.807, 2.05) is 36.4 Å². The molecule has 0 radical (unpaired) electrons. The highest BCUT2D eigenvalue weighted by Crippen LogP contribution is 2.42. The number of carbonyl (C=O) groups excluding carboxylic acids is 1. The third kappa shape index (κ3) is 7.09. The lowest BCUT2D eigenvalue weighted by Crippen LogP contribution is -2.66. The first-order chi connectivity index (χ1) is 23.8. The summed E-state index contributed by atoms with van der Waals surface area (Å²) in [4.78, 5) is 35.1. The molecule has 0 bridgehead atoms. The number of carbonyl (C=O) groups is 1. The second kappa shape index (κ2) is 14.5. The summed E-state index contributed by atoms with van der Waals surface area (Å²) < 4.78 is 11.3. The van der Waals surface area contributed by atoms with Gasteiger partial charge in [0.1, 0.15) is 11.4 Å². The largest absolute Gasteiger partial charge is 0.480 e. The summed E-state index contributed by atoms with van der Waals surface area (Å²) in [6, 6.07) is 12.2. The van der Waals surface area contributed by atoms with Crippen molar-refractivity contribution in [3.8, 4) is 45.4 Å². The molecule has 0 spiro atoms. The maximum atomic E-state index is 11.5. The SMILES string of the molecule is COc1nc(-c2cccc(-c3cccc(-c4cnc(CN5CC(N6CC(O)C6)C5)c(OC)n4)c3Cl)c2Cl)cnc1CCC[C@@H]1CCC(=O)N1. The first-order valence-electron chi connectivity index (χ1n) is 16.6. The van der Waals surface area contributed by atoms with Gasteiger partial charge in [-0.25, -0.2) is 9.97 Å². The Kier molecular flexibility index (Phi) is 9.98. The van der Waals surface area contributed by atoms with Crippen LogP contribution in [0.4, 0.5) is 0 Å². The van der Waals surface area contributed by atoms with Gasteiger partial charge in [0.05, 0.1) is 54.2 Å². The van der Waals surface area contributed by atoms with E-state index in [4.69, 9.17) is 47.6 Å². The Labute approximate surface area is 295 Å². The van der Waals surface area contributed by atoms with Crippen LogP contribution in [0.2, 0.25) is 10.0 Å². The van der Waals surface area contributed by atoms with Crippen molar-refractivity contribution in [3.05, 3.63) is 70.2 Å². The number of nitrogens with one attached hydrogen (secondary N) is 1. The maximum Gasteiger partial charge on any atom is 0.237 e. The van der Waals surface area contributed by atoms with E-state index in [0.29, 0.717) is 69.7 Å². The Balaban J connectivity index is 1.08. The van der Waals surface area contributed by atoms with Gasteiger partial charge in [-0.05, 0) is 25.7 Å². The van der Waals surface area contributed by atoms with Crippen molar-refractivity contribution in [1.29, 1.82) is 0 Å². The van der Waals surface area contributed by atoms with Gasteiger partial charge in [-0.2, -0.15) is 0 Å². The average molecular weight is 705 g/mol. The van der Waals surface area contributed by atoms with Crippen LogP contribution < -0.4 is 14.8 Å². The van der Waals surface area contributed by atoms with Gasteiger partial charge < -0.3 is 19.9 Å². The van der Waals surface area contributed by atoms with Crippen LogP contribution >= 0.6 is 23.2 Å². The van der Waals surface area contributed by atoms with Crippen molar-refractivity contribution in [2.75, 3.05) is 40.4 Å². The number of aromatic nitrogens is 4. The molecule has 11 nitrogen and oxygen atoms in total. The fraction of sp³-hybridized carbons (Fsp3) is 0.417. The Morgan fingerprint density at radius 2 is 1.43 bits per heavy atom. The summed E-state index contributed by atoms with van der Waals surface area (Å²) in [6.07, 6.45) is 7.18. The van der Waals surface area contributed by atoms with Gasteiger partial charge in [0.15, 0.2) is 0 Å². The molecule has 2 aromatic carbocycles. The van der Waals surface area contributed by atoms with Crippen molar-refractivity contribution in [2.24, 2.45) is 0 Å². The monoisotopic (exact) mass is 703 g/mol. The predicted molar refractivity (Wildman–Crippen MR) is 188 cm³/mol. The van der Waals surface area contributed by atoms with E-state index in [1.54, 1.807) is 26.6 Å². The maximum absolute atomic E-state index is 11.5. The molecule has 256 valence electrons. The minimum atomic E-state index is -0.191. The van der Waals surface area contributed by atoms with Crippen LogP contribution in [0.3, 0.4) is 0 Å². The molecule has 0 aliphatic carbocycles. The normalized spacial score (nSPS) is 18.6. The lowest BCUT2D eigenvalue weighted by Gasteiger charge is -2.50. The first-order valence-corrected chi connectivity index (χ1v) is 17.4. The fourth-order valence-electron chi connectivity index (χ4n) is 6.85. The van der Waals surface area contributed by atoms with Crippen molar-refractivity contribution in [2.45, 2.75) is 56.8 Å². The zero-order valence-corrected chi connectivity index (χ0v) is 29.0. The van der Waals surface area contributed by atoms with E-state index in [2.05, 4.69) is 20.1 Å². The third-order valence-corrected chi connectivity index (χ3v) is 10.4. The Bertz CT molecular complexity index is 1850. The van der Waals surface area contributed by atoms with Crippen LogP contribution in [0, 0.1) is 0 Å². The van der Waals surface area contributed by atoms with Crippen LogP contribution in [0.1, 0.15) is 37.1 Å². The number of hydrogen-bond donors (Lipinski definition) is 2. The summed E-state index contributed by atoms with van der Waals surface area (Å²) in [5.74, 6) is 1.04. The topological polar surface area (TPSA) is 126 Å². The Morgan fingerprint density at radius 3 is 1.98 bits per heavy atom. The first kappa shape index (κ1) is 33.6. The zero-order valence-electron chi connectivity index (χ0n) is 27.5. The van der Waals surface area contributed by atoms with Crippen molar-refractivity contribution in [3.63, 3.8) is 0 Å². The van der Waals surface area contributed by atoms with E-state index in [0.717, 1.165) is 68.0 Å². The van der Waals surface area contributed by atoms with Gasteiger partial charge in [-0.15, -0.1) is 0 Å². The van der Waals surface area contributed by atoms with Crippen LogP contribution in [-0.2, 0) is 17.8 Å². The van der Waals surface area contributed by atoms with Gasteiger partial charge in [0.25, 0.3) is 0 Å². The highest BCUT2D eigenvalue weighted by atomic mass is 35.5. The van der Waals surface area contributed by atoms with Gasteiger partial charge in [-0.3, -0.25) is 24.6 Å². The molecule has 0 unspecified atom stereocenters. The van der Waals surface area contributed by atoms with Crippen molar-refractivity contribution < 1.29 is 19.4 Å². The minimum absolute atomic E-state index is 0.124. The highest BCUT2D eigenvalue weighted by molar-refractivity contribution is 6.39. The van der Waals surface area contributed by atoms with Crippen molar-refractivity contribution in [1.82, 2.24) is 35.1 Å². The number of rotatable bonds is 12. The number of β-amino-alcohol motifs (C(OH)–C–C–N with tert-alkyl or cyclic N) is 1. The quantitative estimate of drug-likeness (QED) is 0.207. The molecule has 2 aromatic heterocycles. The Morgan fingerprint density at radius 1 is 0.857 bits per heavy atom. The number of aliphatic hydroxyl groups is 1. The molecule has 0 saturated carbocycles. The van der Waals surface area contributed by atoms with Crippen LogP contribution in [0.5, 0.6) is 11.8 Å². The molecule has 2 N–H and O–H groups in total. The number of aliphatic hydroxyl groups excluding tert-OH is 1. The number of likely N-dealkylation sites (tertiary alicyclic amines) is 2.